The number of aliphatic carboxylic acids is 1. The van der Waals surface area contributed by atoms with Gasteiger partial charge in [0, 0.05) is 18.7 Å². The van der Waals surface area contributed by atoms with Crippen molar-refractivity contribution in [3.05, 3.63) is 71.8 Å². The van der Waals surface area contributed by atoms with Crippen LogP contribution in [-0.2, 0) is 32.0 Å². The number of nitrogens with one attached hydrogen (secondary N) is 3. The number of benzene rings is 2. The van der Waals surface area contributed by atoms with E-state index in [2.05, 4.69) is 33.6 Å². The number of carbonyl (C=O) groups excluding carboxylic acids is 3. The zero-order chi connectivity index (χ0) is 29.5. The average Bonchev–Trinajstić information content (AvgIpc) is 2.93. The van der Waals surface area contributed by atoms with Gasteiger partial charge in [-0.2, -0.15) is 12.6 Å². The Morgan fingerprint density at radius 2 is 1.27 bits per heavy atom. The number of hydrogen-bond acceptors (Lipinski definition) is 7. The van der Waals surface area contributed by atoms with Crippen molar-refractivity contribution in [2.24, 2.45) is 22.2 Å². The molecule has 0 aromatic heterocycles. The normalized spacial score (nSPS) is 13.7. The van der Waals surface area contributed by atoms with E-state index in [9.17, 15) is 24.3 Å². The molecule has 13 heteroatoms. The molecular weight excluding hydrogens is 534 g/mol. The number of guanidine groups is 1. The van der Waals surface area contributed by atoms with Crippen LogP contribution in [0.4, 0.5) is 0 Å². The first-order valence-corrected chi connectivity index (χ1v) is 13.4. The summed E-state index contributed by atoms with van der Waals surface area (Å²) >= 11 is 4.19. The lowest BCUT2D eigenvalue weighted by Gasteiger charge is -2.25. The summed E-state index contributed by atoms with van der Waals surface area (Å²) in [4.78, 5) is 54.6. The summed E-state index contributed by atoms with van der Waals surface area (Å²) in [5.74, 6) is -3.32. The van der Waals surface area contributed by atoms with Crippen LogP contribution in [-0.4, -0.2) is 71.2 Å². The summed E-state index contributed by atoms with van der Waals surface area (Å²) in [6.07, 6.45) is 0.728. The summed E-state index contributed by atoms with van der Waals surface area (Å²) in [5.41, 5.74) is 18.2. The van der Waals surface area contributed by atoms with Gasteiger partial charge in [0.1, 0.15) is 18.1 Å². The Bertz CT molecular complexity index is 1150. The number of carbonyl (C=O) groups is 4. The van der Waals surface area contributed by atoms with Gasteiger partial charge in [-0.3, -0.25) is 19.4 Å². The minimum Gasteiger partial charge on any atom is -0.480 e. The molecule has 0 aliphatic carbocycles. The number of nitrogens with zero attached hydrogens (tertiary/aromatic N) is 1. The largest absolute Gasteiger partial charge is 0.480 e. The lowest BCUT2D eigenvalue weighted by atomic mass is 10.0. The number of carboxylic acid groups (broad SMARTS) is 1. The molecule has 0 saturated heterocycles. The molecule has 0 saturated carbocycles. The van der Waals surface area contributed by atoms with Crippen molar-refractivity contribution >= 4 is 42.3 Å². The van der Waals surface area contributed by atoms with Crippen molar-refractivity contribution in [3.8, 4) is 0 Å². The van der Waals surface area contributed by atoms with Crippen LogP contribution >= 0.6 is 12.6 Å². The fourth-order valence-corrected chi connectivity index (χ4v) is 4.06. The van der Waals surface area contributed by atoms with Gasteiger partial charge >= 0.3 is 5.97 Å². The molecule has 4 atom stereocenters. The van der Waals surface area contributed by atoms with E-state index in [-0.39, 0.29) is 37.5 Å². The molecule has 40 heavy (non-hydrogen) atoms. The van der Waals surface area contributed by atoms with E-state index < -0.39 is 47.9 Å². The van der Waals surface area contributed by atoms with Crippen molar-refractivity contribution in [1.29, 1.82) is 0 Å². The lowest BCUT2D eigenvalue weighted by molar-refractivity contribution is -0.142. The summed E-state index contributed by atoms with van der Waals surface area (Å²) in [6, 6.07) is 13.8. The number of nitrogens with two attached hydrogens (primary N) is 3. The van der Waals surface area contributed by atoms with Crippen LogP contribution in [0.5, 0.6) is 0 Å². The highest BCUT2D eigenvalue weighted by molar-refractivity contribution is 7.80. The molecule has 0 bridgehead atoms. The predicted molar refractivity (Wildman–Crippen MR) is 155 cm³/mol. The Labute approximate surface area is 238 Å². The monoisotopic (exact) mass is 571 g/mol. The number of thiol groups is 1. The predicted octanol–water partition coefficient (Wildman–Crippen LogP) is -0.678. The molecule has 0 radical (unpaired) electrons. The molecule has 12 nitrogen and oxygen atoms in total. The van der Waals surface area contributed by atoms with Crippen LogP contribution in [0.25, 0.3) is 0 Å². The van der Waals surface area contributed by atoms with Crippen molar-refractivity contribution in [2.45, 2.75) is 49.9 Å². The van der Waals surface area contributed by atoms with Crippen LogP contribution in [0.15, 0.2) is 65.7 Å². The molecule has 216 valence electrons. The van der Waals surface area contributed by atoms with Crippen LogP contribution in [0, 0.1) is 0 Å². The number of amides is 3. The zero-order valence-electron chi connectivity index (χ0n) is 22.0. The third kappa shape index (κ3) is 11.3. The minimum absolute atomic E-state index is 0.0577. The van der Waals surface area contributed by atoms with Crippen LogP contribution < -0.4 is 33.2 Å². The quantitative estimate of drug-likeness (QED) is 0.0558. The number of carboxylic acids is 1. The van der Waals surface area contributed by atoms with Gasteiger partial charge in [0.05, 0.1) is 6.04 Å². The molecule has 0 aliphatic rings. The Balaban J connectivity index is 2.10. The fraction of sp³-hybridized carbons (Fsp3) is 0.370. The molecule has 3 amide bonds. The van der Waals surface area contributed by atoms with E-state index in [0.717, 1.165) is 11.1 Å². The standard InChI is InChI=1S/C27H37N7O5S/c28-19(14-17-8-3-1-4-9-17)23(35)34-22(16-40)25(37)33-21(15-18-10-5-2-6-11-18)24(36)32-20(26(38)39)12-7-13-31-27(29)30/h1-6,8-11,19-22,40H,7,12-16,28H2,(H,32,36)(H,33,37)(H,34,35)(H,38,39)(H4,29,30,31). The summed E-state index contributed by atoms with van der Waals surface area (Å²) in [6.45, 7) is 0.196. The Hall–Kier alpha value is -4.10. The van der Waals surface area contributed by atoms with Crippen molar-refractivity contribution in [3.63, 3.8) is 0 Å². The first kappa shape index (κ1) is 32.1. The molecule has 2 aromatic carbocycles. The van der Waals surface area contributed by atoms with E-state index in [1.54, 1.807) is 30.3 Å². The zero-order valence-corrected chi connectivity index (χ0v) is 22.9. The molecular formula is C27H37N7O5S. The topological polar surface area (TPSA) is 215 Å². The van der Waals surface area contributed by atoms with Crippen LogP contribution in [0.3, 0.4) is 0 Å². The molecule has 0 fully saturated rings. The first-order valence-electron chi connectivity index (χ1n) is 12.7. The second kappa shape index (κ2) is 16.8. The van der Waals surface area contributed by atoms with Gasteiger partial charge in [0.25, 0.3) is 0 Å². The van der Waals surface area contributed by atoms with E-state index in [1.165, 1.54) is 0 Å². The molecule has 0 heterocycles. The molecule has 2 aromatic rings. The van der Waals surface area contributed by atoms with Gasteiger partial charge in [-0.15, -0.1) is 0 Å². The summed E-state index contributed by atoms with van der Waals surface area (Å²) < 4.78 is 0. The van der Waals surface area contributed by atoms with E-state index >= 15 is 0 Å². The van der Waals surface area contributed by atoms with Gasteiger partial charge in [-0.1, -0.05) is 60.7 Å². The van der Waals surface area contributed by atoms with Gasteiger partial charge in [0.15, 0.2) is 5.96 Å². The maximum Gasteiger partial charge on any atom is 0.326 e. The Morgan fingerprint density at radius 1 is 0.775 bits per heavy atom. The Morgan fingerprint density at radius 3 is 1.80 bits per heavy atom. The van der Waals surface area contributed by atoms with Crippen LogP contribution in [0.1, 0.15) is 24.0 Å². The molecule has 4 unspecified atom stereocenters. The second-order valence-electron chi connectivity index (χ2n) is 9.14. The molecule has 10 N–H and O–H groups in total. The van der Waals surface area contributed by atoms with Gasteiger partial charge in [-0.25, -0.2) is 4.79 Å². The van der Waals surface area contributed by atoms with Gasteiger partial charge in [-0.05, 0) is 30.4 Å². The van der Waals surface area contributed by atoms with Gasteiger partial charge < -0.3 is 38.3 Å². The van der Waals surface area contributed by atoms with E-state index in [1.807, 2.05) is 30.3 Å². The second-order valence-corrected chi connectivity index (χ2v) is 9.50. The van der Waals surface area contributed by atoms with E-state index in [4.69, 9.17) is 17.2 Å². The molecule has 0 aliphatic heterocycles. The van der Waals surface area contributed by atoms with Crippen molar-refractivity contribution < 1.29 is 24.3 Å². The third-order valence-electron chi connectivity index (χ3n) is 5.93. The molecule has 0 spiro atoms. The minimum atomic E-state index is -1.24. The SMILES string of the molecule is NC(N)=NCCCC(NC(=O)C(Cc1ccccc1)NC(=O)C(CS)NC(=O)C(N)Cc1ccccc1)C(=O)O. The lowest BCUT2D eigenvalue weighted by Crippen LogP contribution is -2.58. The highest BCUT2D eigenvalue weighted by atomic mass is 32.1. The third-order valence-corrected chi connectivity index (χ3v) is 6.29. The van der Waals surface area contributed by atoms with Crippen LogP contribution in [0.2, 0.25) is 0 Å². The van der Waals surface area contributed by atoms with Gasteiger partial charge in [0.2, 0.25) is 17.7 Å². The van der Waals surface area contributed by atoms with Crippen molar-refractivity contribution in [1.82, 2.24) is 16.0 Å². The van der Waals surface area contributed by atoms with E-state index in [0.29, 0.717) is 6.42 Å². The highest BCUT2D eigenvalue weighted by Gasteiger charge is 2.30. The fourth-order valence-electron chi connectivity index (χ4n) is 3.80. The summed E-state index contributed by atoms with van der Waals surface area (Å²) in [7, 11) is 0. The number of aliphatic imine (C=N–C) groups is 1. The maximum absolute atomic E-state index is 13.2. The number of rotatable bonds is 16. The highest BCUT2D eigenvalue weighted by Crippen LogP contribution is 2.07. The maximum atomic E-state index is 13.2. The Kier molecular flexibility index (Phi) is 13.5. The summed E-state index contributed by atoms with van der Waals surface area (Å²) in [5, 5.41) is 17.3. The number of hydrogen-bond donors (Lipinski definition) is 8. The molecule has 2 rings (SSSR count). The smallest absolute Gasteiger partial charge is 0.326 e. The van der Waals surface area contributed by atoms with Crippen molar-refractivity contribution in [2.75, 3.05) is 12.3 Å². The first-order chi connectivity index (χ1) is 19.1. The average molecular weight is 572 g/mol.